The largest absolute Gasteiger partial charge is 1.00 e. The normalized spacial score (nSPS) is 14.6. The van der Waals surface area contributed by atoms with Gasteiger partial charge in [-0.1, -0.05) is 112 Å². The molecule has 0 heterocycles. The second kappa shape index (κ2) is 74.7. The van der Waals surface area contributed by atoms with Crippen molar-refractivity contribution in [2.24, 2.45) is 5.92 Å². The van der Waals surface area contributed by atoms with Crippen LogP contribution in [0.2, 0.25) is 103 Å². The van der Waals surface area contributed by atoms with Crippen molar-refractivity contribution in [1.82, 2.24) is 0 Å². The number of rotatable bonds is 10. The Morgan fingerprint density at radius 3 is 1.24 bits per heavy atom. The Morgan fingerprint density at radius 1 is 0.732 bits per heavy atom. The van der Waals surface area contributed by atoms with Gasteiger partial charge < -0.3 is 51.7 Å². The first kappa shape index (κ1) is 130. The van der Waals surface area contributed by atoms with Gasteiger partial charge in [-0.05, 0) is 24.0 Å². The van der Waals surface area contributed by atoms with E-state index in [0.717, 1.165) is 18.6 Å². The molecule has 11 atom stereocenters. The summed E-state index contributed by atoms with van der Waals surface area (Å²) in [4.78, 5) is 57.2. The molecule has 2 aliphatic carbocycles. The zero-order valence-electron chi connectivity index (χ0n) is 45.7. The Morgan fingerprint density at radius 2 is 1.04 bits per heavy atom. The maximum Gasteiger partial charge on any atom is 1.00 e. The van der Waals surface area contributed by atoms with Gasteiger partial charge in [0.1, 0.15) is 6.61 Å². The minimum Gasteiger partial charge on any atom is -0.467 e. The summed E-state index contributed by atoms with van der Waals surface area (Å²) in [6.07, 6.45) is 0.242. The number of carbonyl (C=O) groups excluding carboxylic acids is 5. The minimum absolute atomic E-state index is 0. The summed E-state index contributed by atoms with van der Waals surface area (Å²) in [5.74, 6) is 0.818. The monoisotopic (exact) mass is 1430 g/mol. The van der Waals surface area contributed by atoms with E-state index in [1.165, 1.54) is 40.1 Å². The van der Waals surface area contributed by atoms with Gasteiger partial charge in [0.15, 0.2) is 0 Å². The Kier molecular flexibility index (Phi) is 137. The average Bonchev–Trinajstić information content (AvgIpc) is 4.02. The number of ether oxygens (including phenoxy) is 7. The van der Waals surface area contributed by atoms with E-state index in [2.05, 4.69) is 144 Å². The predicted molar refractivity (Wildman–Crippen MR) is 323 cm³/mol. The van der Waals surface area contributed by atoms with Gasteiger partial charge in [-0.3, -0.25) is 5.54 Å². The summed E-state index contributed by atoms with van der Waals surface area (Å²) in [5, 5.41) is 7.50. The van der Waals surface area contributed by atoms with Gasteiger partial charge in [-0.15, -0.1) is 8.07 Å². The van der Waals surface area contributed by atoms with Gasteiger partial charge in [-0.2, -0.15) is 80.6 Å². The smallest absolute Gasteiger partial charge is 0.467 e. The average molecular weight is 1430 g/mol. The predicted octanol–water partition coefficient (Wildman–Crippen LogP) is 7.88. The fraction of sp³-hybridized carbons (Fsp3) is 0.722. The van der Waals surface area contributed by atoms with E-state index in [1.54, 1.807) is 0 Å². The van der Waals surface area contributed by atoms with Gasteiger partial charge in [0, 0.05) is 81.8 Å². The van der Waals surface area contributed by atoms with Crippen LogP contribution in [0, 0.1) is 24.9 Å². The summed E-state index contributed by atoms with van der Waals surface area (Å²) in [7, 11) is 24.4. The molecule has 15 radical (unpaired) electrons. The first-order valence-corrected chi connectivity index (χ1v) is 32.4. The van der Waals surface area contributed by atoms with E-state index in [9.17, 15) is 14.4 Å². The molecule has 8 unspecified atom stereocenters. The van der Waals surface area contributed by atoms with Crippen molar-refractivity contribution in [2.45, 2.75) is 122 Å². The van der Waals surface area contributed by atoms with Gasteiger partial charge >= 0.3 is 82.0 Å². The molecule has 0 spiro atoms. The molecule has 2 fully saturated rings. The van der Waals surface area contributed by atoms with Crippen LogP contribution in [-0.2, 0) is 128 Å². The number of hydrogen-bond acceptors (Lipinski definition) is 13. The van der Waals surface area contributed by atoms with Crippen LogP contribution in [0.3, 0.4) is 0 Å². The zero-order valence-corrected chi connectivity index (χ0v) is 62.9. The summed E-state index contributed by atoms with van der Waals surface area (Å²) in [6.45, 7) is 31.5. The van der Waals surface area contributed by atoms with Gasteiger partial charge in [0.25, 0.3) is 0 Å². The molecule has 0 aromatic heterocycles. The fourth-order valence-electron chi connectivity index (χ4n) is 4.49. The van der Waals surface area contributed by atoms with Crippen LogP contribution >= 0.6 is 59.4 Å². The Balaban J connectivity index is -0.0000000264. The van der Waals surface area contributed by atoms with Crippen molar-refractivity contribution in [3.63, 3.8) is 0 Å². The van der Waals surface area contributed by atoms with Gasteiger partial charge in [-0.25, -0.2) is 19.2 Å². The molecular weight excluding hydrogens is 1340 g/mol. The van der Waals surface area contributed by atoms with Gasteiger partial charge in [0.2, 0.25) is 0 Å². The third-order valence-corrected chi connectivity index (χ3v) is 14.9. The van der Waals surface area contributed by atoms with Crippen LogP contribution in [-0.4, -0.2) is 163 Å². The van der Waals surface area contributed by atoms with E-state index < -0.39 is 56.9 Å². The SMILES string of the molecule is CC1C[C@@H]1[Si](C)(C)C.COC(=O)O.COC(=O)OC/C=C\[Si](C)(C)C.O=C=O.P.P.P.P.P.P.[B].[B]C.[B][B].[B][C@@H]1[C-]([Si](C)(C)C)C1OC(=O)OC.[B][C@H]([CH-][Si](C)(C)C)COC(=O)OC.[CH3-].[Cu+].[Cu+].[Cu+].[Cu].[Cu]. The maximum atomic E-state index is 10.8. The second-order valence-corrected chi connectivity index (χ2v) is 37.1. The van der Waals surface area contributed by atoms with E-state index in [0.29, 0.717) is 6.61 Å². The molecule has 0 aromatic carbocycles. The molecule has 14 nitrogen and oxygen atoms in total. The van der Waals surface area contributed by atoms with E-state index in [-0.39, 0.29) is 191 Å². The molecule has 437 valence electrons. The maximum absolute atomic E-state index is 10.8. The number of hydrogen-bond donors (Lipinski definition) is 1. The molecular formula is C36H90B6Cu5O14P6Si4. The molecule has 2 rings (SSSR count). The van der Waals surface area contributed by atoms with Crippen LogP contribution in [0.1, 0.15) is 13.3 Å². The molecule has 0 saturated heterocycles. The van der Waals surface area contributed by atoms with Crippen molar-refractivity contribution in [3.05, 3.63) is 30.8 Å². The minimum atomic E-state index is -1.37. The molecule has 71 heavy (non-hydrogen) atoms. The van der Waals surface area contributed by atoms with E-state index in [4.69, 9.17) is 44.7 Å². The fourth-order valence-corrected chi connectivity index (χ4v) is 11.6. The van der Waals surface area contributed by atoms with Crippen LogP contribution in [0.25, 0.3) is 0 Å². The summed E-state index contributed by atoms with van der Waals surface area (Å²) in [5.41, 5.74) is 4.48. The van der Waals surface area contributed by atoms with Crippen molar-refractivity contribution < 1.29 is 152 Å². The number of carboxylic acid groups (broad SMARTS) is 1. The first-order chi connectivity index (χ1) is 26.4. The molecule has 1 N–H and O–H groups in total. The zero-order chi connectivity index (χ0) is 47.7. The van der Waals surface area contributed by atoms with Crippen molar-refractivity contribution >= 4 is 170 Å². The van der Waals surface area contributed by atoms with E-state index >= 15 is 0 Å². The standard InChI is InChI=1S/C8H14BO3Si.C8H16BO3Si.C8H16O3Si.C7H16Si.C2H4O3.CH3B.CO2.CH3.B2.B.5Cu.6H3P/c1-11-8(10)12-6-5(9)7(6)13(2,3)4;1-11-8(10)12-5-7(9)6-13(2,3)4;1-10-8(9)11-6-5-7-12(2,3)4;1-6-5-7(6)8(2,3)4;1-5-2(3)4;1-2;2-1-3;;1-2;;;;;;;;;;;;/h5-6H,1-4H3;6-7H,5H2,1-4H3;5,7H,6H2,1-4H3;6-7H,5H2,1-4H3;1H3,(H,3,4);1H3;;1H3;;;;;;;;6*1H3/q2*-1;;;;;;-1;;;;;3*+1;;;;;;/b;;7-5-;;;;;;;;;;;;;;;;;;/t5-,6?;7-;;6?,7-;;;;;;;;;;;;;;;;;/m00.0................./s1. The molecule has 2 aliphatic rings. The first-order valence-electron chi connectivity index (χ1n) is 18.1. The molecule has 0 amide bonds. The van der Waals surface area contributed by atoms with Crippen molar-refractivity contribution in [1.29, 1.82) is 0 Å². The summed E-state index contributed by atoms with van der Waals surface area (Å²) in [6, 6.07) is 2.07. The second-order valence-electron chi connectivity index (χ2n) is 16.5. The Labute approximate surface area is 517 Å². The van der Waals surface area contributed by atoms with Crippen molar-refractivity contribution in [3.8, 4) is 0 Å². The van der Waals surface area contributed by atoms with Crippen LogP contribution < -0.4 is 0 Å². The quantitative estimate of drug-likeness (QED) is 0.0732. The third kappa shape index (κ3) is 98.6. The van der Waals surface area contributed by atoms with Crippen LogP contribution in [0.5, 0.6) is 0 Å². The number of methoxy groups -OCH3 is 4. The third-order valence-electron chi connectivity index (χ3n) is 6.89. The Hall–Kier alpha value is 2.63. The molecule has 2 saturated carbocycles. The van der Waals surface area contributed by atoms with Crippen LogP contribution in [0.4, 0.5) is 19.2 Å². The van der Waals surface area contributed by atoms with Gasteiger partial charge in [0.05, 0.1) is 51.0 Å². The number of carbonyl (C=O) groups is 4. The van der Waals surface area contributed by atoms with E-state index in [1.807, 2.05) is 6.08 Å². The topological polar surface area (TPSA) is 187 Å². The molecule has 0 aromatic rings. The summed E-state index contributed by atoms with van der Waals surface area (Å²) >= 11 is 0. The molecule has 0 bridgehead atoms. The van der Waals surface area contributed by atoms with Crippen LogP contribution in [0.15, 0.2) is 11.8 Å². The molecule has 0 aliphatic heterocycles. The Bertz CT molecular complexity index is 1220. The molecule has 35 heteroatoms. The van der Waals surface area contributed by atoms with Crippen molar-refractivity contribution in [2.75, 3.05) is 41.7 Å². The summed E-state index contributed by atoms with van der Waals surface area (Å²) < 4.78 is 31.0.